The fourth-order valence-electron chi connectivity index (χ4n) is 6.23. The number of amides is 2. The van der Waals surface area contributed by atoms with E-state index in [1.165, 1.54) is 18.2 Å². The minimum absolute atomic E-state index is 0.0127. The summed E-state index contributed by atoms with van der Waals surface area (Å²) >= 11 is 0. The highest BCUT2D eigenvalue weighted by Crippen LogP contribution is 2.52. The summed E-state index contributed by atoms with van der Waals surface area (Å²) in [5.41, 5.74) is -2.12. The van der Waals surface area contributed by atoms with Crippen LogP contribution in [-0.2, 0) is 10.3 Å². The van der Waals surface area contributed by atoms with E-state index in [-0.39, 0.29) is 55.3 Å². The molecule has 2 aromatic carbocycles. The smallest absolute Gasteiger partial charge is 0.421 e. The van der Waals surface area contributed by atoms with Gasteiger partial charge in [-0.2, -0.15) is 13.2 Å². The van der Waals surface area contributed by atoms with Crippen LogP contribution in [0.15, 0.2) is 48.5 Å². The van der Waals surface area contributed by atoms with Gasteiger partial charge in [-0.15, -0.1) is 0 Å². The molecule has 2 aromatic rings. The molecule has 44 heavy (non-hydrogen) atoms. The lowest BCUT2D eigenvalue weighted by Gasteiger charge is -2.47. The average Bonchev–Trinajstić information content (AvgIpc) is 2.90. The van der Waals surface area contributed by atoms with E-state index in [1.54, 1.807) is 30.3 Å². The third-order valence-electron chi connectivity index (χ3n) is 8.73. The van der Waals surface area contributed by atoms with E-state index in [4.69, 9.17) is 14.2 Å². The Bertz CT molecular complexity index is 1280. The number of benzene rings is 2. The Hall–Kier alpha value is -3.16. The number of carbonyl (C=O) groups is 1. The van der Waals surface area contributed by atoms with Crippen molar-refractivity contribution in [3.8, 4) is 11.5 Å². The highest BCUT2D eigenvalue weighted by Gasteiger charge is 2.62. The Kier molecular flexibility index (Phi) is 9.29. The van der Waals surface area contributed by atoms with Crippen LogP contribution in [0.5, 0.6) is 11.5 Å². The van der Waals surface area contributed by atoms with Gasteiger partial charge >= 0.3 is 12.2 Å². The molecular formula is C31H39F5N4O4. The summed E-state index contributed by atoms with van der Waals surface area (Å²) in [4.78, 5) is 13.3. The SMILES string of the molecule is CCC(CC)C1NC(C)NC(Oc2ccccc2C2(C(F)(F)F)CCO2)C1NC(=O)Nc1ccc(OC2CC(F)(F)C2)cc1. The first-order valence-electron chi connectivity index (χ1n) is 15.0. The molecule has 242 valence electrons. The molecule has 8 nitrogen and oxygen atoms in total. The van der Waals surface area contributed by atoms with Crippen LogP contribution in [-0.4, -0.2) is 55.3 Å². The molecule has 5 rings (SSSR count). The summed E-state index contributed by atoms with van der Waals surface area (Å²) in [5.74, 6) is -2.13. The van der Waals surface area contributed by atoms with Crippen molar-refractivity contribution in [3.63, 3.8) is 0 Å². The number of anilines is 1. The molecule has 5 atom stereocenters. The molecule has 2 saturated heterocycles. The number of halogens is 5. The Balaban J connectivity index is 1.34. The van der Waals surface area contributed by atoms with Crippen molar-refractivity contribution in [3.05, 3.63) is 54.1 Å². The maximum atomic E-state index is 14.2. The average molecular weight is 627 g/mol. The molecule has 0 spiro atoms. The van der Waals surface area contributed by atoms with E-state index < -0.39 is 42.1 Å². The lowest BCUT2D eigenvalue weighted by molar-refractivity contribution is -0.334. The van der Waals surface area contributed by atoms with E-state index in [1.807, 2.05) is 20.8 Å². The lowest BCUT2D eigenvalue weighted by Crippen LogP contribution is -2.73. The first kappa shape index (κ1) is 32.2. The number of alkyl halides is 5. The maximum Gasteiger partial charge on any atom is 0.421 e. The predicted molar refractivity (Wildman–Crippen MR) is 154 cm³/mol. The van der Waals surface area contributed by atoms with Gasteiger partial charge in [0.25, 0.3) is 5.92 Å². The predicted octanol–water partition coefficient (Wildman–Crippen LogP) is 6.28. The summed E-state index contributed by atoms with van der Waals surface area (Å²) in [6.45, 7) is 5.95. The van der Waals surface area contributed by atoms with Crippen molar-refractivity contribution in [2.24, 2.45) is 5.92 Å². The minimum Gasteiger partial charge on any atom is -0.490 e. The van der Waals surface area contributed by atoms with Gasteiger partial charge < -0.3 is 24.8 Å². The van der Waals surface area contributed by atoms with E-state index in [2.05, 4.69) is 21.3 Å². The summed E-state index contributed by atoms with van der Waals surface area (Å²) in [6.07, 6.45) is -5.62. The molecule has 4 N–H and O–H groups in total. The minimum atomic E-state index is -4.64. The zero-order valence-corrected chi connectivity index (χ0v) is 24.8. The number of urea groups is 1. The Morgan fingerprint density at radius 3 is 2.27 bits per heavy atom. The second-order valence-electron chi connectivity index (χ2n) is 11.8. The van der Waals surface area contributed by atoms with Crippen molar-refractivity contribution >= 4 is 11.7 Å². The van der Waals surface area contributed by atoms with Gasteiger partial charge in [0.2, 0.25) is 0 Å². The van der Waals surface area contributed by atoms with Crippen LogP contribution < -0.4 is 30.7 Å². The van der Waals surface area contributed by atoms with Crippen LogP contribution in [0.1, 0.15) is 58.4 Å². The van der Waals surface area contributed by atoms with Gasteiger partial charge in [0.05, 0.1) is 18.8 Å². The zero-order chi connectivity index (χ0) is 31.7. The number of nitrogens with one attached hydrogen (secondary N) is 4. The molecule has 3 aliphatic rings. The summed E-state index contributed by atoms with van der Waals surface area (Å²) < 4.78 is 85.9. The van der Waals surface area contributed by atoms with Crippen LogP contribution in [0.4, 0.5) is 32.4 Å². The second-order valence-corrected chi connectivity index (χ2v) is 11.8. The summed E-state index contributed by atoms with van der Waals surface area (Å²) in [5, 5.41) is 12.5. The molecular weight excluding hydrogens is 587 g/mol. The number of para-hydroxylation sites is 1. The van der Waals surface area contributed by atoms with Gasteiger partial charge in [-0.25, -0.2) is 13.6 Å². The number of hydrogen-bond donors (Lipinski definition) is 4. The van der Waals surface area contributed by atoms with Crippen molar-refractivity contribution in [1.82, 2.24) is 16.0 Å². The van der Waals surface area contributed by atoms with Gasteiger partial charge in [-0.1, -0.05) is 44.9 Å². The van der Waals surface area contributed by atoms with E-state index in [0.717, 1.165) is 12.8 Å². The van der Waals surface area contributed by atoms with Gasteiger partial charge in [-0.05, 0) is 43.2 Å². The van der Waals surface area contributed by atoms with Crippen molar-refractivity contribution < 1.29 is 41.0 Å². The Labute approximate surface area is 253 Å². The van der Waals surface area contributed by atoms with Crippen molar-refractivity contribution in [2.75, 3.05) is 11.9 Å². The van der Waals surface area contributed by atoms with Gasteiger partial charge in [0.15, 0.2) is 11.8 Å². The lowest BCUT2D eigenvalue weighted by atomic mass is 9.84. The highest BCUT2D eigenvalue weighted by atomic mass is 19.4. The van der Waals surface area contributed by atoms with Crippen molar-refractivity contribution in [2.45, 2.75) is 101 Å². The Morgan fingerprint density at radius 1 is 1.05 bits per heavy atom. The highest BCUT2D eigenvalue weighted by molar-refractivity contribution is 5.89. The molecule has 0 bridgehead atoms. The molecule has 0 aromatic heterocycles. The monoisotopic (exact) mass is 626 g/mol. The van der Waals surface area contributed by atoms with Gasteiger partial charge in [0.1, 0.15) is 17.6 Å². The fraction of sp³-hybridized carbons (Fsp3) is 0.581. The fourth-order valence-corrected chi connectivity index (χ4v) is 6.23. The van der Waals surface area contributed by atoms with Crippen LogP contribution in [0.2, 0.25) is 0 Å². The molecule has 5 unspecified atom stereocenters. The number of ether oxygens (including phenoxy) is 3. The van der Waals surface area contributed by atoms with Gasteiger partial charge in [0, 0.05) is 36.6 Å². The Morgan fingerprint density at radius 2 is 1.70 bits per heavy atom. The van der Waals surface area contributed by atoms with Crippen LogP contribution in [0.25, 0.3) is 0 Å². The normalized spacial score (nSPS) is 28.5. The molecule has 1 saturated carbocycles. The van der Waals surface area contributed by atoms with Crippen LogP contribution in [0.3, 0.4) is 0 Å². The summed E-state index contributed by atoms with van der Waals surface area (Å²) in [6, 6.07) is 10.8. The molecule has 3 fully saturated rings. The quantitative estimate of drug-likeness (QED) is 0.232. The topological polar surface area (TPSA) is 92.9 Å². The van der Waals surface area contributed by atoms with Crippen molar-refractivity contribution in [1.29, 1.82) is 0 Å². The number of hydrogen-bond acceptors (Lipinski definition) is 6. The number of carbonyl (C=O) groups excluding carboxylic acids is 1. The number of rotatable bonds is 10. The zero-order valence-electron chi connectivity index (χ0n) is 24.8. The molecule has 2 heterocycles. The first-order valence-corrected chi connectivity index (χ1v) is 15.0. The van der Waals surface area contributed by atoms with Gasteiger partial charge in [-0.3, -0.25) is 10.6 Å². The molecule has 2 amide bonds. The van der Waals surface area contributed by atoms with E-state index >= 15 is 0 Å². The summed E-state index contributed by atoms with van der Waals surface area (Å²) in [7, 11) is 0. The third-order valence-corrected chi connectivity index (χ3v) is 8.73. The molecule has 13 heteroatoms. The van der Waals surface area contributed by atoms with E-state index in [9.17, 15) is 26.7 Å². The molecule has 1 aliphatic carbocycles. The largest absolute Gasteiger partial charge is 0.490 e. The van der Waals surface area contributed by atoms with Crippen LogP contribution >= 0.6 is 0 Å². The second kappa shape index (κ2) is 12.7. The van der Waals surface area contributed by atoms with Crippen LogP contribution in [0, 0.1) is 5.92 Å². The maximum absolute atomic E-state index is 14.2. The standard InChI is InChI=1S/C31H39F5N4O4/c1-4-19(5-2)25-26(40-28(41)39-20-10-12-21(13-11-20)43-22-16-29(32,33)17-22)27(38-18(3)37-25)44-24-9-7-6-8-23(24)30(14-15-42-30)31(34,35)36/h6-13,18-19,22,25-27,37-38H,4-5,14-17H2,1-3H3,(H2,39,40,41). The third kappa shape index (κ3) is 6.74. The molecule has 2 aliphatic heterocycles. The van der Waals surface area contributed by atoms with E-state index in [0.29, 0.717) is 11.4 Å². The molecule has 0 radical (unpaired) electrons. The first-order chi connectivity index (χ1) is 20.8.